The van der Waals surface area contributed by atoms with E-state index in [0.29, 0.717) is 12.6 Å². The monoisotopic (exact) mass is 512 g/mol. The summed E-state index contributed by atoms with van der Waals surface area (Å²) in [4.78, 5) is 2.55. The predicted molar refractivity (Wildman–Crippen MR) is 152 cm³/mol. The number of hydrogen-bond acceptors (Lipinski definition) is 5. The Morgan fingerprint density at radius 2 is 1.63 bits per heavy atom. The highest BCUT2D eigenvalue weighted by molar-refractivity contribution is 5.67. The first-order valence-electron chi connectivity index (χ1n) is 13.9. The van der Waals surface area contributed by atoms with Crippen LogP contribution in [-0.2, 0) is 22.6 Å². The number of benzene rings is 3. The molecule has 200 valence electrons. The van der Waals surface area contributed by atoms with E-state index in [0.717, 1.165) is 52.9 Å². The molecule has 0 unspecified atom stereocenters. The van der Waals surface area contributed by atoms with Crippen molar-refractivity contribution < 1.29 is 14.6 Å². The second-order valence-corrected chi connectivity index (χ2v) is 10.5. The highest BCUT2D eigenvalue weighted by atomic mass is 16.7. The molecule has 1 aliphatic heterocycles. The fourth-order valence-corrected chi connectivity index (χ4v) is 5.90. The van der Waals surface area contributed by atoms with Gasteiger partial charge in [0.1, 0.15) is 0 Å². The Kier molecular flexibility index (Phi) is 9.05. The van der Waals surface area contributed by atoms with E-state index in [-0.39, 0.29) is 18.8 Å². The fourth-order valence-electron chi connectivity index (χ4n) is 5.90. The molecule has 2 aliphatic rings. The molecule has 5 rings (SSSR count). The predicted octanol–water partition coefficient (Wildman–Crippen LogP) is 6.28. The molecule has 0 spiro atoms. The normalized spacial score (nSPS) is 22.1. The van der Waals surface area contributed by atoms with Gasteiger partial charge in [0.2, 0.25) is 0 Å². The molecule has 1 saturated carbocycles. The smallest absolute Gasteiger partial charge is 0.184 e. The maximum Gasteiger partial charge on any atom is 0.184 e. The molecule has 0 radical (unpaired) electrons. The van der Waals surface area contributed by atoms with Crippen LogP contribution in [0.25, 0.3) is 11.1 Å². The molecule has 0 amide bonds. The first-order valence-corrected chi connectivity index (χ1v) is 13.9. The number of aliphatic hydroxyl groups is 1. The third-order valence-corrected chi connectivity index (χ3v) is 7.99. The average molecular weight is 513 g/mol. The van der Waals surface area contributed by atoms with Crippen molar-refractivity contribution in [3.8, 4) is 11.1 Å². The van der Waals surface area contributed by atoms with Crippen molar-refractivity contribution in [1.29, 1.82) is 0 Å². The van der Waals surface area contributed by atoms with Crippen LogP contribution in [0.5, 0.6) is 0 Å². The topological polar surface area (TPSA) is 68.0 Å². The van der Waals surface area contributed by atoms with Crippen LogP contribution in [0.4, 0.5) is 0 Å². The zero-order chi connectivity index (χ0) is 26.3. The molecule has 3 aromatic rings. The van der Waals surface area contributed by atoms with Gasteiger partial charge in [-0.25, -0.2) is 0 Å². The van der Waals surface area contributed by atoms with Crippen molar-refractivity contribution in [1.82, 2.24) is 4.90 Å². The summed E-state index contributed by atoms with van der Waals surface area (Å²) in [5.74, 6) is 0. The van der Waals surface area contributed by atoms with Gasteiger partial charge in [0.15, 0.2) is 6.29 Å². The number of aliphatic hydroxyl groups excluding tert-OH is 1. The third kappa shape index (κ3) is 6.25. The largest absolute Gasteiger partial charge is 0.392 e. The minimum Gasteiger partial charge on any atom is -0.392 e. The summed E-state index contributed by atoms with van der Waals surface area (Å²) in [6, 6.07) is 25.4. The van der Waals surface area contributed by atoms with Gasteiger partial charge in [-0.1, -0.05) is 91.7 Å². The molecule has 1 saturated heterocycles. The lowest BCUT2D eigenvalue weighted by atomic mass is 9.97. The fraction of sp³-hybridized carbons (Fsp3) is 0.394. The zero-order valence-corrected chi connectivity index (χ0v) is 22.2. The van der Waals surface area contributed by atoms with E-state index in [1.54, 1.807) is 0 Å². The Hall–Kier alpha value is -2.80. The molecule has 3 atom stereocenters. The van der Waals surface area contributed by atoms with E-state index in [4.69, 9.17) is 15.2 Å². The van der Waals surface area contributed by atoms with Gasteiger partial charge in [-0.05, 0) is 40.7 Å². The van der Waals surface area contributed by atoms with Crippen molar-refractivity contribution in [2.45, 2.75) is 69.8 Å². The summed E-state index contributed by atoms with van der Waals surface area (Å²) in [6.07, 6.45) is 7.40. The van der Waals surface area contributed by atoms with Crippen molar-refractivity contribution in [2.24, 2.45) is 5.73 Å². The van der Waals surface area contributed by atoms with Gasteiger partial charge >= 0.3 is 0 Å². The van der Waals surface area contributed by atoms with E-state index >= 15 is 0 Å². The number of hydrogen-bond donors (Lipinski definition) is 2. The Morgan fingerprint density at radius 1 is 0.921 bits per heavy atom. The highest BCUT2D eigenvalue weighted by Gasteiger charge is 2.34. The first-order chi connectivity index (χ1) is 18.7. The SMILES string of the molecule is C=CCN(C[C@H]1C[C@@H](c2ccc(CO)cc2)O[C@@H](c2ccc(-c3ccccc3CN)cc2)O1)C1CCCC1. The lowest BCUT2D eigenvalue weighted by Gasteiger charge is -2.39. The van der Waals surface area contributed by atoms with Crippen LogP contribution in [0.1, 0.15) is 66.8 Å². The van der Waals surface area contributed by atoms with Gasteiger partial charge in [-0.15, -0.1) is 6.58 Å². The molecule has 3 N–H and O–H groups in total. The third-order valence-electron chi connectivity index (χ3n) is 7.99. The Morgan fingerprint density at radius 3 is 2.32 bits per heavy atom. The number of nitrogens with two attached hydrogens (primary N) is 1. The molecular weight excluding hydrogens is 472 g/mol. The molecule has 1 aliphatic carbocycles. The van der Waals surface area contributed by atoms with Crippen LogP contribution in [0.15, 0.2) is 85.5 Å². The molecular formula is C33H40N2O3. The Labute approximate surface area is 226 Å². The standard InChI is InChI=1S/C33H40N2O3/c1-2-19-35(29-8-4-5-9-29)22-30-20-32(26-13-11-24(23-36)12-14-26)38-33(37-30)27-17-15-25(16-18-27)31-10-6-3-7-28(31)21-34/h2-3,6-7,10-18,29-30,32-33,36H,1,4-5,8-9,19-23,34H2/t30-,32+,33+/m1/s1. The van der Waals surface area contributed by atoms with Gasteiger partial charge in [0.05, 0.1) is 18.8 Å². The van der Waals surface area contributed by atoms with E-state index in [2.05, 4.69) is 60.0 Å². The maximum atomic E-state index is 9.49. The molecule has 0 aromatic heterocycles. The summed E-state index contributed by atoms with van der Waals surface area (Å²) < 4.78 is 13.2. The van der Waals surface area contributed by atoms with Gasteiger partial charge in [-0.2, -0.15) is 0 Å². The zero-order valence-electron chi connectivity index (χ0n) is 22.2. The van der Waals surface area contributed by atoms with Gasteiger partial charge in [-0.3, -0.25) is 4.90 Å². The molecule has 3 aromatic carbocycles. The van der Waals surface area contributed by atoms with Crippen LogP contribution in [0, 0.1) is 0 Å². The number of rotatable bonds is 10. The number of ether oxygens (including phenoxy) is 2. The molecule has 38 heavy (non-hydrogen) atoms. The summed E-state index contributed by atoms with van der Waals surface area (Å²) in [5, 5.41) is 9.49. The molecule has 5 nitrogen and oxygen atoms in total. The second kappa shape index (κ2) is 12.8. The molecule has 1 heterocycles. The second-order valence-electron chi connectivity index (χ2n) is 10.5. The van der Waals surface area contributed by atoms with E-state index in [9.17, 15) is 5.11 Å². The molecule has 2 fully saturated rings. The van der Waals surface area contributed by atoms with Crippen molar-refractivity contribution in [3.63, 3.8) is 0 Å². The van der Waals surface area contributed by atoms with Crippen molar-refractivity contribution >= 4 is 0 Å². The quantitative estimate of drug-likeness (QED) is 0.313. The van der Waals surface area contributed by atoms with E-state index in [1.165, 1.54) is 25.7 Å². The molecule has 5 heteroatoms. The van der Waals surface area contributed by atoms with Gasteiger partial charge in [0, 0.05) is 37.7 Å². The van der Waals surface area contributed by atoms with Gasteiger partial charge in [0.25, 0.3) is 0 Å². The summed E-state index contributed by atoms with van der Waals surface area (Å²) in [5.41, 5.74) is 12.4. The first kappa shape index (κ1) is 26.8. The van der Waals surface area contributed by atoms with Crippen LogP contribution >= 0.6 is 0 Å². The van der Waals surface area contributed by atoms with Crippen molar-refractivity contribution in [2.75, 3.05) is 13.1 Å². The highest BCUT2D eigenvalue weighted by Crippen LogP contribution is 2.39. The van der Waals surface area contributed by atoms with Crippen LogP contribution in [0.3, 0.4) is 0 Å². The van der Waals surface area contributed by atoms with Crippen molar-refractivity contribution in [3.05, 3.63) is 108 Å². The van der Waals surface area contributed by atoms with Crippen LogP contribution in [0.2, 0.25) is 0 Å². The summed E-state index contributed by atoms with van der Waals surface area (Å²) >= 11 is 0. The van der Waals surface area contributed by atoms with E-state index < -0.39 is 6.29 Å². The number of nitrogens with zero attached hydrogens (tertiary/aromatic N) is 1. The van der Waals surface area contributed by atoms with E-state index in [1.807, 2.05) is 30.3 Å². The average Bonchev–Trinajstić information content (AvgIpc) is 3.52. The summed E-state index contributed by atoms with van der Waals surface area (Å²) in [7, 11) is 0. The maximum absolute atomic E-state index is 9.49. The minimum absolute atomic E-state index is 0.0365. The lowest BCUT2D eigenvalue weighted by molar-refractivity contribution is -0.253. The Balaban J connectivity index is 1.39. The van der Waals surface area contributed by atoms with Crippen LogP contribution in [-0.4, -0.2) is 35.2 Å². The lowest BCUT2D eigenvalue weighted by Crippen LogP contribution is -2.43. The minimum atomic E-state index is -0.454. The molecule has 0 bridgehead atoms. The summed E-state index contributed by atoms with van der Waals surface area (Å²) in [6.45, 7) is 6.30. The van der Waals surface area contributed by atoms with Crippen LogP contribution < -0.4 is 5.73 Å². The Bertz CT molecular complexity index is 1170. The van der Waals surface area contributed by atoms with Gasteiger partial charge < -0.3 is 20.3 Å².